The largest absolute Gasteiger partial charge is 0.286 e. The van der Waals surface area contributed by atoms with Crippen LogP contribution in [-0.2, 0) is 18.7 Å². The molecule has 18 heavy (non-hydrogen) atoms. The number of fused-ring (bicyclic) bond motifs is 1. The Morgan fingerprint density at radius 2 is 2.44 bits per heavy atom. The first kappa shape index (κ1) is 12.0. The number of nitrogens with zero attached hydrogens (tertiary/aromatic N) is 2. The van der Waals surface area contributed by atoms with Crippen LogP contribution in [0.3, 0.4) is 0 Å². The summed E-state index contributed by atoms with van der Waals surface area (Å²) in [6.45, 7) is 2.73. The van der Waals surface area contributed by atoms with Gasteiger partial charge in [0.25, 0.3) is 0 Å². The molecular formula is C13H14N2OS2. The minimum atomic E-state index is 0.110. The van der Waals surface area contributed by atoms with Crippen LogP contribution in [0.5, 0.6) is 0 Å². The fourth-order valence-electron chi connectivity index (χ4n) is 2.16. The number of aromatic nitrogens is 2. The van der Waals surface area contributed by atoms with E-state index in [2.05, 4.69) is 11.2 Å². The van der Waals surface area contributed by atoms with Gasteiger partial charge < -0.3 is 0 Å². The number of rotatable bonds is 3. The minimum absolute atomic E-state index is 0.110. The Bertz CT molecular complexity index is 562. The van der Waals surface area contributed by atoms with Crippen molar-refractivity contribution in [2.75, 3.05) is 5.75 Å². The zero-order valence-electron chi connectivity index (χ0n) is 10.2. The van der Waals surface area contributed by atoms with Crippen LogP contribution in [0.25, 0.3) is 0 Å². The summed E-state index contributed by atoms with van der Waals surface area (Å²) in [6.07, 6.45) is 2.80. The second-order valence-corrected chi connectivity index (χ2v) is 6.46. The lowest BCUT2D eigenvalue weighted by Gasteiger charge is -2.08. The number of ketones is 1. The lowest BCUT2D eigenvalue weighted by Crippen LogP contribution is -2.09. The Balaban J connectivity index is 1.95. The second kappa shape index (κ2) is 4.90. The standard InChI is InChI=1S/C13H14N2OS2/c1-2-15-10(3-5-14-15)13(16)12-7-9-8-17-6-4-11(9)18-12/h3,5,7H,2,4,6,8H2,1H3. The molecule has 0 saturated carbocycles. The quantitative estimate of drug-likeness (QED) is 0.810. The number of carbonyl (C=O) groups excluding carboxylic acids is 1. The molecule has 0 aliphatic carbocycles. The van der Waals surface area contributed by atoms with Gasteiger partial charge in [0.15, 0.2) is 0 Å². The summed E-state index contributed by atoms with van der Waals surface area (Å²) in [5.41, 5.74) is 2.05. The third kappa shape index (κ3) is 2.01. The highest BCUT2D eigenvalue weighted by molar-refractivity contribution is 7.98. The maximum atomic E-state index is 12.4. The van der Waals surface area contributed by atoms with Crippen molar-refractivity contribution in [2.45, 2.75) is 25.6 Å². The van der Waals surface area contributed by atoms with Gasteiger partial charge in [-0.2, -0.15) is 16.9 Å². The Kier molecular flexibility index (Phi) is 3.26. The SMILES string of the molecule is CCn1nccc1C(=O)c1cc2c(s1)CCSC2. The van der Waals surface area contributed by atoms with Crippen LogP contribution in [0.2, 0.25) is 0 Å². The zero-order valence-corrected chi connectivity index (χ0v) is 11.8. The van der Waals surface area contributed by atoms with Crippen LogP contribution in [0.4, 0.5) is 0 Å². The second-order valence-electron chi connectivity index (χ2n) is 4.22. The first-order valence-electron chi connectivity index (χ1n) is 6.05. The lowest BCUT2D eigenvalue weighted by atomic mass is 10.2. The van der Waals surface area contributed by atoms with Gasteiger partial charge in [-0.15, -0.1) is 11.3 Å². The average Bonchev–Trinajstić information content (AvgIpc) is 3.03. The Labute approximate surface area is 114 Å². The van der Waals surface area contributed by atoms with E-state index in [1.807, 2.05) is 18.7 Å². The summed E-state index contributed by atoms with van der Waals surface area (Å²) in [4.78, 5) is 14.7. The van der Waals surface area contributed by atoms with Crippen LogP contribution in [-0.4, -0.2) is 21.3 Å². The molecule has 94 valence electrons. The van der Waals surface area contributed by atoms with Crippen molar-refractivity contribution in [2.24, 2.45) is 0 Å². The molecule has 1 aliphatic heterocycles. The van der Waals surface area contributed by atoms with Crippen molar-refractivity contribution in [1.29, 1.82) is 0 Å². The molecule has 1 aliphatic rings. The number of thioether (sulfide) groups is 1. The molecule has 0 atom stereocenters. The molecule has 3 nitrogen and oxygen atoms in total. The third-order valence-electron chi connectivity index (χ3n) is 3.10. The van der Waals surface area contributed by atoms with Crippen molar-refractivity contribution in [3.63, 3.8) is 0 Å². The average molecular weight is 278 g/mol. The van der Waals surface area contributed by atoms with Gasteiger partial charge in [0, 0.05) is 23.4 Å². The first-order valence-corrected chi connectivity index (χ1v) is 8.02. The molecule has 2 aromatic rings. The highest BCUT2D eigenvalue weighted by atomic mass is 32.2. The number of thiophene rings is 1. The van der Waals surface area contributed by atoms with Crippen LogP contribution >= 0.6 is 23.1 Å². The van der Waals surface area contributed by atoms with E-state index in [-0.39, 0.29) is 5.78 Å². The summed E-state index contributed by atoms with van der Waals surface area (Å²) in [7, 11) is 0. The summed E-state index contributed by atoms with van der Waals surface area (Å²) >= 11 is 3.60. The van der Waals surface area contributed by atoms with Crippen molar-refractivity contribution >= 4 is 28.9 Å². The Morgan fingerprint density at radius 3 is 3.22 bits per heavy atom. The maximum Gasteiger partial charge on any atom is 0.220 e. The van der Waals surface area contributed by atoms with Crippen LogP contribution in [0, 0.1) is 0 Å². The molecule has 2 aromatic heterocycles. The van der Waals surface area contributed by atoms with E-state index in [9.17, 15) is 4.79 Å². The number of hydrogen-bond acceptors (Lipinski definition) is 4. The zero-order chi connectivity index (χ0) is 12.5. The number of hydrogen-bond donors (Lipinski definition) is 0. The summed E-state index contributed by atoms with van der Waals surface area (Å²) in [5.74, 6) is 2.33. The number of carbonyl (C=O) groups is 1. The van der Waals surface area contributed by atoms with Crippen molar-refractivity contribution in [1.82, 2.24) is 9.78 Å². The topological polar surface area (TPSA) is 34.9 Å². The monoisotopic (exact) mass is 278 g/mol. The summed E-state index contributed by atoms with van der Waals surface area (Å²) in [6, 6.07) is 3.88. The van der Waals surface area contributed by atoms with Crippen molar-refractivity contribution in [3.05, 3.63) is 39.3 Å². The van der Waals surface area contributed by atoms with E-state index in [4.69, 9.17) is 0 Å². The van der Waals surface area contributed by atoms with Crippen LogP contribution in [0.15, 0.2) is 18.3 Å². The molecule has 0 fully saturated rings. The van der Waals surface area contributed by atoms with E-state index >= 15 is 0 Å². The molecule has 3 rings (SSSR count). The predicted octanol–water partition coefficient (Wildman–Crippen LogP) is 2.98. The van der Waals surface area contributed by atoms with Gasteiger partial charge in [-0.05, 0) is 36.8 Å². The smallest absolute Gasteiger partial charge is 0.220 e. The molecule has 0 saturated heterocycles. The van der Waals surface area contributed by atoms with Gasteiger partial charge in [0.2, 0.25) is 5.78 Å². The molecule has 0 amide bonds. The molecule has 3 heterocycles. The summed E-state index contributed by atoms with van der Waals surface area (Å²) < 4.78 is 1.76. The van der Waals surface area contributed by atoms with Crippen molar-refractivity contribution in [3.8, 4) is 0 Å². The van der Waals surface area contributed by atoms with E-state index in [1.54, 1.807) is 28.3 Å². The van der Waals surface area contributed by atoms with Crippen LogP contribution in [0.1, 0.15) is 32.7 Å². The normalized spacial score (nSPS) is 14.5. The maximum absolute atomic E-state index is 12.4. The molecule has 0 N–H and O–H groups in total. The van der Waals surface area contributed by atoms with Crippen LogP contribution < -0.4 is 0 Å². The minimum Gasteiger partial charge on any atom is -0.286 e. The van der Waals surface area contributed by atoms with Gasteiger partial charge in [-0.25, -0.2) is 0 Å². The third-order valence-corrected chi connectivity index (χ3v) is 5.34. The first-order chi connectivity index (χ1) is 8.79. The van der Waals surface area contributed by atoms with E-state index in [0.717, 1.165) is 23.6 Å². The fourth-order valence-corrected chi connectivity index (χ4v) is 4.48. The molecule has 0 spiro atoms. The predicted molar refractivity (Wildman–Crippen MR) is 75.5 cm³/mol. The molecule has 0 unspecified atom stereocenters. The van der Waals surface area contributed by atoms with Gasteiger partial charge in [-0.3, -0.25) is 9.48 Å². The van der Waals surface area contributed by atoms with Crippen molar-refractivity contribution < 1.29 is 4.79 Å². The van der Waals surface area contributed by atoms with Gasteiger partial charge >= 0.3 is 0 Å². The Morgan fingerprint density at radius 1 is 1.56 bits per heavy atom. The van der Waals surface area contributed by atoms with E-state index in [1.165, 1.54) is 16.2 Å². The fraction of sp³-hybridized carbons (Fsp3) is 0.385. The highest BCUT2D eigenvalue weighted by Gasteiger charge is 2.20. The van der Waals surface area contributed by atoms with Gasteiger partial charge in [0.05, 0.1) is 4.88 Å². The molecule has 0 bridgehead atoms. The summed E-state index contributed by atoms with van der Waals surface area (Å²) in [5, 5.41) is 4.16. The van der Waals surface area contributed by atoms with E-state index in [0.29, 0.717) is 5.69 Å². The number of aryl methyl sites for hydroxylation is 2. The Hall–Kier alpha value is -1.07. The van der Waals surface area contributed by atoms with Gasteiger partial charge in [0.1, 0.15) is 5.69 Å². The van der Waals surface area contributed by atoms with Gasteiger partial charge in [-0.1, -0.05) is 0 Å². The highest BCUT2D eigenvalue weighted by Crippen LogP contribution is 2.32. The van der Waals surface area contributed by atoms with E-state index < -0.39 is 0 Å². The molecule has 5 heteroatoms. The molecule has 0 aromatic carbocycles. The molecule has 0 radical (unpaired) electrons. The lowest BCUT2D eigenvalue weighted by molar-refractivity contribution is 0.103. The molecular weight excluding hydrogens is 264 g/mol.